The van der Waals surface area contributed by atoms with Crippen LogP contribution in [0.2, 0.25) is 0 Å². The van der Waals surface area contributed by atoms with Crippen LogP contribution in [-0.2, 0) is 9.59 Å². The first kappa shape index (κ1) is 15.0. The van der Waals surface area contributed by atoms with E-state index in [4.69, 9.17) is 15.2 Å². The molecule has 3 N–H and O–H groups in total. The fraction of sp³-hybridized carbons (Fsp3) is 0.357. The normalized spacial score (nSPS) is 18.3. The number of carbonyl (C=O) groups is 2. The zero-order valence-electron chi connectivity index (χ0n) is 12.0. The first-order chi connectivity index (χ1) is 9.92. The lowest BCUT2D eigenvalue weighted by Gasteiger charge is -2.18. The topological polar surface area (TPSA) is 103 Å². The van der Waals surface area contributed by atoms with Crippen LogP contribution in [0, 0.1) is 0 Å². The summed E-state index contributed by atoms with van der Waals surface area (Å²) in [6.45, 7) is 3.80. The van der Waals surface area contributed by atoms with E-state index in [0.29, 0.717) is 17.1 Å². The molecular weight excluding hydrogens is 274 g/mol. The van der Waals surface area contributed by atoms with Gasteiger partial charge in [0.05, 0.1) is 13.2 Å². The van der Waals surface area contributed by atoms with Crippen LogP contribution in [0.15, 0.2) is 23.2 Å². The van der Waals surface area contributed by atoms with Gasteiger partial charge in [-0.1, -0.05) is 0 Å². The van der Waals surface area contributed by atoms with Crippen molar-refractivity contribution in [2.24, 2.45) is 10.7 Å². The van der Waals surface area contributed by atoms with Crippen molar-refractivity contribution in [2.45, 2.75) is 26.0 Å². The van der Waals surface area contributed by atoms with Crippen LogP contribution in [0.1, 0.15) is 19.4 Å². The lowest BCUT2D eigenvalue weighted by atomic mass is 10.1. The molecule has 1 aromatic rings. The number of amidine groups is 1. The molecule has 0 saturated heterocycles. The summed E-state index contributed by atoms with van der Waals surface area (Å²) in [6, 6.07) is 3.77. The molecule has 1 aliphatic heterocycles. The minimum absolute atomic E-state index is 0.00366. The molecule has 0 aromatic heterocycles. The number of ether oxygens (including phenoxy) is 2. The quantitative estimate of drug-likeness (QED) is 0.772. The first-order valence-corrected chi connectivity index (χ1v) is 6.46. The van der Waals surface area contributed by atoms with E-state index in [1.807, 2.05) is 13.8 Å². The van der Waals surface area contributed by atoms with E-state index in [2.05, 4.69) is 10.3 Å². The minimum atomic E-state index is -1.25. The summed E-state index contributed by atoms with van der Waals surface area (Å²) >= 11 is 0. The maximum Gasteiger partial charge on any atom is 0.274 e. The molecule has 2 rings (SSSR count). The molecule has 0 bridgehead atoms. The summed E-state index contributed by atoms with van der Waals surface area (Å²) in [6.07, 6.45) is -0.00366. The number of nitrogens with two attached hydrogens (primary N) is 1. The third-order valence-corrected chi connectivity index (χ3v) is 2.81. The van der Waals surface area contributed by atoms with E-state index < -0.39 is 17.9 Å². The monoisotopic (exact) mass is 291 g/mol. The SMILES string of the molecule is COc1cc(C2=NC(=O)C(N)C(=O)N2)ccc1OC(C)C. The molecule has 0 fully saturated rings. The van der Waals surface area contributed by atoms with Gasteiger partial charge in [-0.05, 0) is 32.0 Å². The molecule has 7 heteroatoms. The number of aliphatic imine (C=N–C) groups is 1. The number of nitrogens with one attached hydrogen (secondary N) is 1. The van der Waals surface area contributed by atoms with E-state index in [0.717, 1.165) is 0 Å². The number of rotatable bonds is 4. The smallest absolute Gasteiger partial charge is 0.274 e. The van der Waals surface area contributed by atoms with Crippen molar-refractivity contribution < 1.29 is 19.1 Å². The van der Waals surface area contributed by atoms with Gasteiger partial charge in [0.25, 0.3) is 11.8 Å². The third-order valence-electron chi connectivity index (χ3n) is 2.81. The molecule has 7 nitrogen and oxygen atoms in total. The van der Waals surface area contributed by atoms with Crippen LogP contribution in [-0.4, -0.2) is 36.9 Å². The molecule has 1 unspecified atom stereocenters. The van der Waals surface area contributed by atoms with E-state index in [1.165, 1.54) is 7.11 Å². The Morgan fingerprint density at radius 1 is 1.29 bits per heavy atom. The van der Waals surface area contributed by atoms with Gasteiger partial charge in [0.1, 0.15) is 5.84 Å². The summed E-state index contributed by atoms with van der Waals surface area (Å²) in [7, 11) is 1.51. The number of amides is 2. The average molecular weight is 291 g/mol. The molecule has 1 aromatic carbocycles. The van der Waals surface area contributed by atoms with Crippen LogP contribution in [0.4, 0.5) is 0 Å². The predicted molar refractivity (Wildman–Crippen MR) is 76.4 cm³/mol. The summed E-state index contributed by atoms with van der Waals surface area (Å²) in [5, 5.41) is 2.49. The van der Waals surface area contributed by atoms with Crippen molar-refractivity contribution >= 4 is 17.6 Å². The molecule has 0 aliphatic carbocycles. The maximum absolute atomic E-state index is 11.6. The van der Waals surface area contributed by atoms with Gasteiger partial charge in [-0.2, -0.15) is 4.99 Å². The van der Waals surface area contributed by atoms with E-state index in [1.54, 1.807) is 18.2 Å². The Hall–Kier alpha value is -2.41. The van der Waals surface area contributed by atoms with E-state index in [-0.39, 0.29) is 11.9 Å². The molecule has 0 saturated carbocycles. The third kappa shape index (κ3) is 3.19. The summed E-state index contributed by atoms with van der Waals surface area (Å²) < 4.78 is 10.8. The number of nitrogens with zero attached hydrogens (tertiary/aromatic N) is 1. The predicted octanol–water partition coefficient (Wildman–Crippen LogP) is 0.213. The highest BCUT2D eigenvalue weighted by Gasteiger charge is 2.29. The summed E-state index contributed by atoms with van der Waals surface area (Å²) in [5.41, 5.74) is 5.92. The second-order valence-electron chi connectivity index (χ2n) is 4.80. The Balaban J connectivity index is 2.35. The van der Waals surface area contributed by atoms with Crippen molar-refractivity contribution in [3.8, 4) is 11.5 Å². The number of hydrogen-bond acceptors (Lipinski definition) is 5. The van der Waals surface area contributed by atoms with Gasteiger partial charge in [0.15, 0.2) is 17.5 Å². The molecule has 21 heavy (non-hydrogen) atoms. The van der Waals surface area contributed by atoms with Crippen molar-refractivity contribution in [1.29, 1.82) is 0 Å². The largest absolute Gasteiger partial charge is 0.493 e. The van der Waals surface area contributed by atoms with Crippen molar-refractivity contribution in [3.63, 3.8) is 0 Å². The van der Waals surface area contributed by atoms with Crippen molar-refractivity contribution in [3.05, 3.63) is 23.8 Å². The Morgan fingerprint density at radius 2 is 2.00 bits per heavy atom. The lowest BCUT2D eigenvalue weighted by Crippen LogP contribution is -2.52. The lowest BCUT2D eigenvalue weighted by molar-refractivity contribution is -0.129. The zero-order valence-corrected chi connectivity index (χ0v) is 12.0. The number of carbonyl (C=O) groups excluding carboxylic acids is 2. The van der Waals surface area contributed by atoms with Gasteiger partial charge in [-0.15, -0.1) is 0 Å². The van der Waals surface area contributed by atoms with Gasteiger partial charge in [-0.3, -0.25) is 9.59 Å². The Bertz CT molecular complexity index is 610. The van der Waals surface area contributed by atoms with E-state index in [9.17, 15) is 9.59 Å². The van der Waals surface area contributed by atoms with Crippen LogP contribution < -0.4 is 20.5 Å². The van der Waals surface area contributed by atoms with Gasteiger partial charge >= 0.3 is 0 Å². The van der Waals surface area contributed by atoms with Crippen LogP contribution in [0.3, 0.4) is 0 Å². The molecule has 0 radical (unpaired) electrons. The number of hydrogen-bond donors (Lipinski definition) is 2. The van der Waals surface area contributed by atoms with Crippen molar-refractivity contribution in [2.75, 3.05) is 7.11 Å². The van der Waals surface area contributed by atoms with Gasteiger partial charge in [-0.25, -0.2) is 0 Å². The highest BCUT2D eigenvalue weighted by Crippen LogP contribution is 2.29. The molecule has 1 aliphatic rings. The molecule has 1 atom stereocenters. The van der Waals surface area contributed by atoms with Gasteiger partial charge in [0, 0.05) is 5.56 Å². The fourth-order valence-corrected chi connectivity index (χ4v) is 1.82. The van der Waals surface area contributed by atoms with E-state index >= 15 is 0 Å². The molecular formula is C14H17N3O4. The van der Waals surface area contributed by atoms with Crippen LogP contribution >= 0.6 is 0 Å². The number of methoxy groups -OCH3 is 1. The molecule has 0 spiro atoms. The zero-order chi connectivity index (χ0) is 15.6. The number of benzene rings is 1. The summed E-state index contributed by atoms with van der Waals surface area (Å²) in [4.78, 5) is 26.9. The second kappa shape index (κ2) is 5.92. The highest BCUT2D eigenvalue weighted by molar-refractivity contribution is 6.22. The van der Waals surface area contributed by atoms with Gasteiger partial charge in [0.2, 0.25) is 0 Å². The van der Waals surface area contributed by atoms with Crippen LogP contribution in [0.25, 0.3) is 0 Å². The standard InChI is InChI=1S/C14H17N3O4/c1-7(2)21-9-5-4-8(6-10(9)20-3)12-16-13(18)11(15)14(19)17-12/h4-7,11H,15H2,1-3H3,(H,16,17,18,19). The second-order valence-corrected chi connectivity index (χ2v) is 4.80. The summed E-state index contributed by atoms with van der Waals surface area (Å²) in [5.74, 6) is -0.0368. The minimum Gasteiger partial charge on any atom is -0.493 e. The van der Waals surface area contributed by atoms with Gasteiger partial charge < -0.3 is 20.5 Å². The van der Waals surface area contributed by atoms with Crippen LogP contribution in [0.5, 0.6) is 11.5 Å². The first-order valence-electron chi connectivity index (χ1n) is 6.46. The molecule has 2 amide bonds. The molecule has 112 valence electrons. The Morgan fingerprint density at radius 3 is 2.57 bits per heavy atom. The highest BCUT2D eigenvalue weighted by atomic mass is 16.5. The Kier molecular flexibility index (Phi) is 4.23. The Labute approximate surface area is 122 Å². The average Bonchev–Trinajstić information content (AvgIpc) is 2.44. The maximum atomic E-state index is 11.6. The molecule has 1 heterocycles. The van der Waals surface area contributed by atoms with Crippen molar-refractivity contribution in [1.82, 2.24) is 5.32 Å². The fourth-order valence-electron chi connectivity index (χ4n) is 1.82.